The molecule has 0 fully saturated rings. The number of allylic oxidation sites excluding steroid dienone is 2. The highest BCUT2D eigenvalue weighted by Crippen LogP contribution is 2.17. The smallest absolute Gasteiger partial charge is 0.178 e. The number of hydrogen-bond donors (Lipinski definition) is 0. The number of nitrogens with zero attached hydrogens (tertiary/aromatic N) is 3. The van der Waals surface area contributed by atoms with Crippen LogP contribution in [0, 0.1) is 6.92 Å². The van der Waals surface area contributed by atoms with Crippen LogP contribution in [0.1, 0.15) is 52.3 Å². The van der Waals surface area contributed by atoms with Crippen LogP contribution < -0.4 is 0 Å². The Kier molecular flexibility index (Phi) is 6.39. The summed E-state index contributed by atoms with van der Waals surface area (Å²) in [5.74, 6) is 1.72. The molecule has 0 saturated heterocycles. The fourth-order valence-corrected chi connectivity index (χ4v) is 2.57. The van der Waals surface area contributed by atoms with Crippen LogP contribution in [0.15, 0.2) is 41.1 Å². The van der Waals surface area contributed by atoms with Gasteiger partial charge in [-0.05, 0) is 44.9 Å². The summed E-state index contributed by atoms with van der Waals surface area (Å²) in [6.07, 6.45) is 6.40. The van der Waals surface area contributed by atoms with E-state index in [0.717, 1.165) is 48.4 Å². The number of benzene rings is 1. The molecule has 0 aliphatic rings. The van der Waals surface area contributed by atoms with Crippen molar-refractivity contribution < 1.29 is 4.84 Å². The third-order valence-corrected chi connectivity index (χ3v) is 3.72. The summed E-state index contributed by atoms with van der Waals surface area (Å²) in [4.78, 5) is 10.2. The lowest BCUT2D eigenvalue weighted by Gasteiger charge is -2.09. The maximum absolute atomic E-state index is 5.54. The molecule has 0 aliphatic heterocycles. The molecule has 0 N–H and O–H groups in total. The first-order valence-corrected chi connectivity index (χ1v) is 8.49. The molecule has 0 spiro atoms. The maximum Gasteiger partial charge on any atom is 0.178 e. The first-order valence-electron chi connectivity index (χ1n) is 8.49. The quantitative estimate of drug-likeness (QED) is 0.310. The third kappa shape index (κ3) is 4.44. The molecule has 1 aromatic heterocycles. The molecule has 23 heavy (non-hydrogen) atoms. The van der Waals surface area contributed by atoms with Crippen molar-refractivity contribution in [3.8, 4) is 0 Å². The number of aromatic nitrogens is 2. The van der Waals surface area contributed by atoms with Crippen molar-refractivity contribution in [3.05, 3.63) is 41.7 Å². The van der Waals surface area contributed by atoms with Crippen molar-refractivity contribution in [1.82, 2.24) is 9.55 Å². The second-order valence-corrected chi connectivity index (χ2v) is 5.86. The molecule has 4 nitrogen and oxygen atoms in total. The second kappa shape index (κ2) is 8.51. The van der Waals surface area contributed by atoms with Gasteiger partial charge in [0.2, 0.25) is 0 Å². The number of hydrogen-bond acceptors (Lipinski definition) is 3. The topological polar surface area (TPSA) is 39.4 Å². The highest BCUT2D eigenvalue weighted by Gasteiger charge is 2.11. The molecule has 2 rings (SSSR count). The monoisotopic (exact) mass is 313 g/mol. The number of aryl methyl sites for hydroxylation is 1. The summed E-state index contributed by atoms with van der Waals surface area (Å²) >= 11 is 0. The minimum atomic E-state index is 0.645. The molecule has 124 valence electrons. The zero-order chi connectivity index (χ0) is 16.7. The standard InChI is InChI=1S/C19H27N3O/c1-5-7-13-23-21-19(14-15(3)10-6-2)22-16(4)20-17-11-8-9-12-18(17)22/h8-9,11-12,14H,5-7,10,13H2,1-4H3/b15-14+,21-19?. The van der Waals surface area contributed by atoms with Crippen molar-refractivity contribution in [2.24, 2.45) is 5.16 Å². The Bertz CT molecular complexity index is 698. The van der Waals surface area contributed by atoms with Crippen molar-refractivity contribution in [2.75, 3.05) is 6.61 Å². The van der Waals surface area contributed by atoms with Crippen LogP contribution in [0.4, 0.5) is 0 Å². The summed E-state index contributed by atoms with van der Waals surface area (Å²) in [5, 5.41) is 4.40. The Morgan fingerprint density at radius 3 is 2.78 bits per heavy atom. The first kappa shape index (κ1) is 17.3. The van der Waals surface area contributed by atoms with Crippen molar-refractivity contribution in [1.29, 1.82) is 0 Å². The second-order valence-electron chi connectivity index (χ2n) is 5.86. The predicted octanol–water partition coefficient (Wildman–Crippen LogP) is 5.07. The normalized spacial score (nSPS) is 12.9. The number of unbranched alkanes of at least 4 members (excludes halogenated alkanes) is 1. The molecule has 2 aromatic rings. The van der Waals surface area contributed by atoms with E-state index in [1.807, 2.05) is 25.1 Å². The van der Waals surface area contributed by atoms with Gasteiger partial charge in [-0.2, -0.15) is 0 Å². The van der Waals surface area contributed by atoms with Gasteiger partial charge in [0, 0.05) is 0 Å². The SMILES string of the molecule is CCCCON=C(/C=C(\C)CCC)n1c(C)nc2ccccc21. The summed E-state index contributed by atoms with van der Waals surface area (Å²) in [6.45, 7) is 9.12. The van der Waals surface area contributed by atoms with Gasteiger partial charge in [0.05, 0.1) is 11.0 Å². The molecule has 0 radical (unpaired) electrons. The Morgan fingerprint density at radius 2 is 2.04 bits per heavy atom. The largest absolute Gasteiger partial charge is 0.394 e. The Hall–Kier alpha value is -2.10. The molecule has 0 bridgehead atoms. The zero-order valence-corrected chi connectivity index (χ0v) is 14.7. The summed E-state index contributed by atoms with van der Waals surface area (Å²) in [6, 6.07) is 8.13. The molecule has 4 heteroatoms. The van der Waals surface area contributed by atoms with Crippen LogP contribution in [0.3, 0.4) is 0 Å². The fraction of sp³-hybridized carbons (Fsp3) is 0.474. The number of rotatable bonds is 7. The average Bonchev–Trinajstić information content (AvgIpc) is 2.86. The van der Waals surface area contributed by atoms with Gasteiger partial charge in [0.25, 0.3) is 0 Å². The van der Waals surface area contributed by atoms with Gasteiger partial charge in [-0.1, -0.05) is 49.6 Å². The molecular formula is C19H27N3O. The van der Waals surface area contributed by atoms with E-state index in [-0.39, 0.29) is 0 Å². The van der Waals surface area contributed by atoms with Crippen LogP contribution in [-0.4, -0.2) is 22.0 Å². The lowest BCUT2D eigenvalue weighted by atomic mass is 10.1. The molecular weight excluding hydrogens is 286 g/mol. The van der Waals surface area contributed by atoms with Gasteiger partial charge < -0.3 is 4.84 Å². The van der Waals surface area contributed by atoms with E-state index < -0.39 is 0 Å². The van der Waals surface area contributed by atoms with E-state index in [0.29, 0.717) is 6.61 Å². The van der Waals surface area contributed by atoms with E-state index in [2.05, 4.69) is 47.6 Å². The Labute approximate surface area is 138 Å². The van der Waals surface area contributed by atoms with E-state index in [4.69, 9.17) is 4.84 Å². The van der Waals surface area contributed by atoms with E-state index in [9.17, 15) is 0 Å². The van der Waals surface area contributed by atoms with Crippen LogP contribution in [-0.2, 0) is 4.84 Å². The van der Waals surface area contributed by atoms with Gasteiger partial charge in [0.1, 0.15) is 12.4 Å². The minimum absolute atomic E-state index is 0.645. The van der Waals surface area contributed by atoms with Crippen LogP contribution in [0.25, 0.3) is 11.0 Å². The van der Waals surface area contributed by atoms with E-state index in [1.54, 1.807) is 0 Å². The van der Waals surface area contributed by atoms with E-state index in [1.165, 1.54) is 5.57 Å². The molecule has 1 heterocycles. The Morgan fingerprint density at radius 1 is 1.26 bits per heavy atom. The first-order chi connectivity index (χ1) is 11.2. The molecule has 0 amide bonds. The minimum Gasteiger partial charge on any atom is -0.394 e. The van der Waals surface area contributed by atoms with Gasteiger partial charge in [-0.15, -0.1) is 0 Å². The van der Waals surface area contributed by atoms with Crippen molar-refractivity contribution >= 4 is 16.9 Å². The lowest BCUT2D eigenvalue weighted by molar-refractivity contribution is 0.140. The zero-order valence-electron chi connectivity index (χ0n) is 14.7. The predicted molar refractivity (Wildman–Crippen MR) is 96.8 cm³/mol. The molecule has 0 unspecified atom stereocenters. The van der Waals surface area contributed by atoms with Gasteiger partial charge in [-0.3, -0.25) is 4.57 Å². The average molecular weight is 313 g/mol. The van der Waals surface area contributed by atoms with Crippen molar-refractivity contribution in [2.45, 2.75) is 53.4 Å². The van der Waals surface area contributed by atoms with Gasteiger partial charge >= 0.3 is 0 Å². The number of imidazole rings is 1. The summed E-state index contributed by atoms with van der Waals surface area (Å²) in [5.41, 5.74) is 3.33. The van der Waals surface area contributed by atoms with Crippen molar-refractivity contribution in [3.63, 3.8) is 0 Å². The Balaban J connectivity index is 2.42. The molecule has 1 aromatic carbocycles. The summed E-state index contributed by atoms with van der Waals surface area (Å²) < 4.78 is 2.07. The lowest BCUT2D eigenvalue weighted by Crippen LogP contribution is -2.12. The molecule has 0 aliphatic carbocycles. The number of fused-ring (bicyclic) bond motifs is 1. The van der Waals surface area contributed by atoms with Crippen LogP contribution in [0.5, 0.6) is 0 Å². The molecule has 0 saturated carbocycles. The van der Waals surface area contributed by atoms with Crippen LogP contribution >= 0.6 is 0 Å². The highest BCUT2D eigenvalue weighted by molar-refractivity contribution is 6.01. The van der Waals surface area contributed by atoms with Gasteiger partial charge in [0.15, 0.2) is 5.84 Å². The summed E-state index contributed by atoms with van der Waals surface area (Å²) in [7, 11) is 0. The fourth-order valence-electron chi connectivity index (χ4n) is 2.57. The maximum atomic E-state index is 5.54. The number of para-hydroxylation sites is 2. The highest BCUT2D eigenvalue weighted by atomic mass is 16.6. The number of oxime groups is 1. The third-order valence-electron chi connectivity index (χ3n) is 3.72. The van der Waals surface area contributed by atoms with E-state index >= 15 is 0 Å². The molecule has 0 atom stereocenters. The van der Waals surface area contributed by atoms with Crippen LogP contribution in [0.2, 0.25) is 0 Å². The van der Waals surface area contributed by atoms with Gasteiger partial charge in [-0.25, -0.2) is 4.98 Å².